The third-order valence-corrected chi connectivity index (χ3v) is 3.59. The van der Waals surface area contributed by atoms with Gasteiger partial charge in [0.05, 0.1) is 11.5 Å². The van der Waals surface area contributed by atoms with Gasteiger partial charge in [0.1, 0.15) is 0 Å². The van der Waals surface area contributed by atoms with E-state index in [2.05, 4.69) is 29.4 Å². The third-order valence-electron chi connectivity index (χ3n) is 2.67. The Labute approximate surface area is 132 Å². The van der Waals surface area contributed by atoms with Crippen LogP contribution < -0.4 is 4.74 Å². The van der Waals surface area contributed by atoms with Crippen LogP contribution in [0.15, 0.2) is 29.4 Å². The number of tetrazole rings is 1. The van der Waals surface area contributed by atoms with E-state index >= 15 is 0 Å². The van der Waals surface area contributed by atoms with E-state index in [9.17, 15) is 10.1 Å². The quantitative estimate of drug-likeness (QED) is 0.318. The Hall–Kier alpha value is -2.16. The summed E-state index contributed by atoms with van der Waals surface area (Å²) in [5.41, 5.74) is -0.0304. The average molecular weight is 323 g/mol. The highest BCUT2D eigenvalue weighted by molar-refractivity contribution is 7.99. The van der Waals surface area contributed by atoms with E-state index in [1.165, 1.54) is 17.8 Å². The number of para-hydroxylation sites is 2. The fraction of sp³-hybridized carbons (Fsp3) is 0.462. The summed E-state index contributed by atoms with van der Waals surface area (Å²) in [7, 11) is 0. The standard InChI is InChI=1S/C13H17N5O3S/c1-10(2)9-17-13(14-15-16-17)22-8-7-21-12-6-4-3-5-11(12)18(19)20/h3-6,10H,7-9H2,1-2H3. The predicted molar refractivity (Wildman–Crippen MR) is 82.0 cm³/mol. The Morgan fingerprint density at radius 2 is 2.18 bits per heavy atom. The molecule has 0 aliphatic carbocycles. The first kappa shape index (κ1) is 16.2. The first-order valence-corrected chi connectivity index (χ1v) is 7.81. The zero-order valence-corrected chi connectivity index (χ0v) is 13.2. The van der Waals surface area contributed by atoms with Gasteiger partial charge in [0.25, 0.3) is 0 Å². The molecule has 0 aliphatic rings. The number of nitro groups is 1. The van der Waals surface area contributed by atoms with Crippen molar-refractivity contribution in [3.8, 4) is 5.75 Å². The molecule has 0 radical (unpaired) electrons. The lowest BCUT2D eigenvalue weighted by Gasteiger charge is -2.08. The van der Waals surface area contributed by atoms with Crippen molar-refractivity contribution in [2.75, 3.05) is 12.4 Å². The fourth-order valence-corrected chi connectivity index (χ4v) is 2.48. The Bertz CT molecular complexity index is 632. The van der Waals surface area contributed by atoms with Gasteiger partial charge >= 0.3 is 5.69 Å². The van der Waals surface area contributed by atoms with E-state index in [0.29, 0.717) is 18.3 Å². The molecule has 0 saturated heterocycles. The van der Waals surface area contributed by atoms with E-state index in [0.717, 1.165) is 11.7 Å². The second-order valence-electron chi connectivity index (χ2n) is 4.96. The molecule has 1 heterocycles. The van der Waals surface area contributed by atoms with Gasteiger partial charge in [0.2, 0.25) is 5.16 Å². The zero-order chi connectivity index (χ0) is 15.9. The van der Waals surface area contributed by atoms with Crippen LogP contribution in [0.1, 0.15) is 13.8 Å². The molecule has 1 aromatic heterocycles. The highest BCUT2D eigenvalue weighted by Gasteiger charge is 2.14. The van der Waals surface area contributed by atoms with Gasteiger partial charge in [-0.2, -0.15) is 0 Å². The topological polar surface area (TPSA) is 96.0 Å². The summed E-state index contributed by atoms with van der Waals surface area (Å²) < 4.78 is 7.23. The van der Waals surface area contributed by atoms with Crippen LogP contribution in [-0.2, 0) is 6.54 Å². The summed E-state index contributed by atoms with van der Waals surface area (Å²) >= 11 is 1.46. The maximum absolute atomic E-state index is 10.9. The molecule has 0 spiro atoms. The van der Waals surface area contributed by atoms with Crippen molar-refractivity contribution in [2.45, 2.75) is 25.5 Å². The Balaban J connectivity index is 1.85. The number of thioether (sulfide) groups is 1. The minimum Gasteiger partial charge on any atom is -0.486 e. The molecule has 0 bridgehead atoms. The third kappa shape index (κ3) is 4.42. The zero-order valence-electron chi connectivity index (χ0n) is 12.4. The van der Waals surface area contributed by atoms with Gasteiger partial charge in [0.15, 0.2) is 5.75 Å². The van der Waals surface area contributed by atoms with Crippen molar-refractivity contribution in [2.24, 2.45) is 5.92 Å². The summed E-state index contributed by atoms with van der Waals surface area (Å²) in [6.45, 7) is 5.27. The molecule has 0 saturated carbocycles. The van der Waals surface area contributed by atoms with Gasteiger partial charge in [-0.25, -0.2) is 4.68 Å². The van der Waals surface area contributed by atoms with Crippen LogP contribution in [0, 0.1) is 16.0 Å². The van der Waals surface area contributed by atoms with Gasteiger partial charge in [-0.15, -0.1) is 5.10 Å². The van der Waals surface area contributed by atoms with Crippen LogP contribution in [0.25, 0.3) is 0 Å². The van der Waals surface area contributed by atoms with Crippen molar-refractivity contribution in [1.29, 1.82) is 0 Å². The molecule has 0 amide bonds. The van der Waals surface area contributed by atoms with Crippen molar-refractivity contribution in [3.05, 3.63) is 34.4 Å². The molecule has 0 unspecified atom stereocenters. The number of ether oxygens (including phenoxy) is 1. The molecule has 9 heteroatoms. The van der Waals surface area contributed by atoms with Crippen molar-refractivity contribution in [3.63, 3.8) is 0 Å². The molecular formula is C13H17N5O3S. The number of benzene rings is 1. The molecular weight excluding hydrogens is 306 g/mol. The van der Waals surface area contributed by atoms with Crippen LogP contribution in [0.5, 0.6) is 5.75 Å². The largest absolute Gasteiger partial charge is 0.486 e. The van der Waals surface area contributed by atoms with E-state index in [4.69, 9.17) is 4.74 Å². The lowest BCUT2D eigenvalue weighted by Crippen LogP contribution is -2.09. The highest BCUT2D eigenvalue weighted by atomic mass is 32.2. The molecule has 118 valence electrons. The minimum atomic E-state index is -0.453. The van der Waals surface area contributed by atoms with E-state index in [1.807, 2.05) is 0 Å². The van der Waals surface area contributed by atoms with Crippen molar-refractivity contribution in [1.82, 2.24) is 20.2 Å². The monoisotopic (exact) mass is 323 g/mol. The normalized spacial score (nSPS) is 10.9. The van der Waals surface area contributed by atoms with Gasteiger partial charge in [0, 0.05) is 18.4 Å². The van der Waals surface area contributed by atoms with Gasteiger partial charge < -0.3 is 4.74 Å². The number of hydrogen-bond acceptors (Lipinski definition) is 7. The second kappa shape index (κ2) is 7.74. The van der Waals surface area contributed by atoms with Gasteiger partial charge in [-0.3, -0.25) is 10.1 Å². The van der Waals surface area contributed by atoms with Crippen LogP contribution in [0.2, 0.25) is 0 Å². The SMILES string of the molecule is CC(C)Cn1nnnc1SCCOc1ccccc1[N+](=O)[O-]. The Kier molecular flexibility index (Phi) is 5.70. The summed E-state index contributed by atoms with van der Waals surface area (Å²) in [4.78, 5) is 10.4. The Morgan fingerprint density at radius 1 is 1.41 bits per heavy atom. The van der Waals surface area contributed by atoms with Crippen LogP contribution >= 0.6 is 11.8 Å². The first-order valence-electron chi connectivity index (χ1n) is 6.83. The smallest absolute Gasteiger partial charge is 0.310 e. The highest BCUT2D eigenvalue weighted by Crippen LogP contribution is 2.26. The van der Waals surface area contributed by atoms with Crippen molar-refractivity contribution >= 4 is 17.4 Å². The first-order chi connectivity index (χ1) is 10.6. The fourth-order valence-electron chi connectivity index (χ4n) is 1.77. The number of rotatable bonds is 8. The minimum absolute atomic E-state index is 0.0304. The lowest BCUT2D eigenvalue weighted by atomic mass is 10.2. The lowest BCUT2D eigenvalue weighted by molar-refractivity contribution is -0.385. The van der Waals surface area contributed by atoms with E-state index in [1.54, 1.807) is 22.9 Å². The maximum atomic E-state index is 10.9. The van der Waals surface area contributed by atoms with E-state index in [-0.39, 0.29) is 11.4 Å². The Morgan fingerprint density at radius 3 is 2.91 bits per heavy atom. The maximum Gasteiger partial charge on any atom is 0.310 e. The van der Waals surface area contributed by atoms with Gasteiger partial charge in [-0.05, 0) is 22.4 Å². The summed E-state index contributed by atoms with van der Waals surface area (Å²) in [5.74, 6) is 1.32. The summed E-state index contributed by atoms with van der Waals surface area (Å²) in [5, 5.41) is 23.2. The molecule has 2 aromatic rings. The molecule has 2 rings (SSSR count). The average Bonchev–Trinajstić information content (AvgIpc) is 2.90. The van der Waals surface area contributed by atoms with E-state index < -0.39 is 4.92 Å². The molecule has 0 atom stereocenters. The number of hydrogen-bond donors (Lipinski definition) is 0. The molecule has 22 heavy (non-hydrogen) atoms. The number of nitrogens with zero attached hydrogens (tertiary/aromatic N) is 5. The number of nitro benzene ring substituents is 1. The summed E-state index contributed by atoms with van der Waals surface area (Å²) in [6, 6.07) is 6.33. The molecule has 8 nitrogen and oxygen atoms in total. The number of aromatic nitrogens is 4. The predicted octanol–water partition coefficient (Wildman–Crippen LogP) is 2.41. The van der Waals surface area contributed by atoms with Crippen LogP contribution in [0.3, 0.4) is 0 Å². The summed E-state index contributed by atoms with van der Waals surface area (Å²) in [6.07, 6.45) is 0. The molecule has 0 N–H and O–H groups in total. The molecule has 0 aliphatic heterocycles. The molecule has 1 aromatic carbocycles. The van der Waals surface area contributed by atoms with Crippen molar-refractivity contribution < 1.29 is 9.66 Å². The van der Waals surface area contributed by atoms with Gasteiger partial charge in [-0.1, -0.05) is 37.7 Å². The van der Waals surface area contributed by atoms with Crippen LogP contribution in [-0.4, -0.2) is 37.5 Å². The molecule has 0 fully saturated rings. The second-order valence-corrected chi connectivity index (χ2v) is 6.02. The van der Waals surface area contributed by atoms with Crippen LogP contribution in [0.4, 0.5) is 5.69 Å².